The van der Waals surface area contributed by atoms with Crippen molar-refractivity contribution in [3.8, 4) is 0 Å². The third-order valence-corrected chi connectivity index (χ3v) is 4.36. The Morgan fingerprint density at radius 2 is 1.80 bits per heavy atom. The van der Waals surface area contributed by atoms with Crippen molar-refractivity contribution in [1.82, 2.24) is 0 Å². The van der Waals surface area contributed by atoms with Crippen molar-refractivity contribution in [3.63, 3.8) is 0 Å². The van der Waals surface area contributed by atoms with Gasteiger partial charge in [-0.15, -0.1) is 0 Å². The molecular formula is C16H20O4. The number of carbonyl (C=O) groups excluding carboxylic acids is 1. The third-order valence-electron chi connectivity index (χ3n) is 4.36. The lowest BCUT2D eigenvalue weighted by atomic mass is 9.77. The van der Waals surface area contributed by atoms with Gasteiger partial charge in [0, 0.05) is 18.4 Å². The minimum atomic E-state index is -1.28. The minimum Gasteiger partial charge on any atom is -0.382 e. The Bertz CT molecular complexity index is 507. The average Bonchev–Trinajstić information content (AvgIpc) is 2.91. The van der Waals surface area contributed by atoms with E-state index in [0.29, 0.717) is 44.5 Å². The van der Waals surface area contributed by atoms with Gasteiger partial charge in [0.2, 0.25) is 0 Å². The van der Waals surface area contributed by atoms with Crippen LogP contribution in [0.2, 0.25) is 0 Å². The Kier molecular flexibility index (Phi) is 3.40. The molecule has 1 aromatic rings. The van der Waals surface area contributed by atoms with Crippen molar-refractivity contribution in [3.05, 3.63) is 35.4 Å². The van der Waals surface area contributed by atoms with Crippen LogP contribution in [0.15, 0.2) is 24.3 Å². The molecule has 0 atom stereocenters. The Morgan fingerprint density at radius 3 is 2.40 bits per heavy atom. The van der Waals surface area contributed by atoms with Crippen LogP contribution in [0, 0.1) is 6.92 Å². The normalized spacial score (nSPS) is 23.9. The molecule has 1 N–H and O–H groups in total. The number of hydrogen-bond donors (Lipinski definition) is 1. The molecule has 108 valence electrons. The van der Waals surface area contributed by atoms with Gasteiger partial charge in [0.1, 0.15) is 5.60 Å². The molecular weight excluding hydrogens is 256 g/mol. The zero-order valence-electron chi connectivity index (χ0n) is 11.7. The van der Waals surface area contributed by atoms with E-state index in [0.717, 1.165) is 5.56 Å². The maximum atomic E-state index is 12.5. The van der Waals surface area contributed by atoms with Crippen LogP contribution in [-0.2, 0) is 9.47 Å². The summed E-state index contributed by atoms with van der Waals surface area (Å²) in [5.74, 6) is -0.743. The van der Waals surface area contributed by atoms with Crippen molar-refractivity contribution in [1.29, 1.82) is 0 Å². The van der Waals surface area contributed by atoms with Crippen LogP contribution in [0.3, 0.4) is 0 Å². The molecule has 0 amide bonds. The number of benzene rings is 1. The van der Waals surface area contributed by atoms with Gasteiger partial charge < -0.3 is 14.6 Å². The molecule has 0 radical (unpaired) electrons. The number of Topliss-reactive ketones (excluding diaryl/α,β-unsaturated/α-hetero) is 1. The molecule has 4 heteroatoms. The lowest BCUT2D eigenvalue weighted by Gasteiger charge is -2.39. The number of ketones is 1. The summed E-state index contributed by atoms with van der Waals surface area (Å²) < 4.78 is 11.3. The SMILES string of the molecule is Cc1cccc(C(=O)C2(O)CCC3(CC2)OCCO3)c1. The Morgan fingerprint density at radius 1 is 1.15 bits per heavy atom. The fraction of sp³-hybridized carbons (Fsp3) is 0.562. The smallest absolute Gasteiger partial charge is 0.194 e. The number of carbonyl (C=O) groups is 1. The van der Waals surface area contributed by atoms with Crippen molar-refractivity contribution in [2.75, 3.05) is 13.2 Å². The second-order valence-corrected chi connectivity index (χ2v) is 5.84. The van der Waals surface area contributed by atoms with Crippen LogP contribution < -0.4 is 0 Å². The van der Waals surface area contributed by atoms with Crippen LogP contribution in [-0.4, -0.2) is 35.5 Å². The molecule has 2 aliphatic rings. The predicted octanol–water partition coefficient (Wildman–Crippen LogP) is 2.23. The molecule has 1 heterocycles. The molecule has 1 saturated heterocycles. The van der Waals surface area contributed by atoms with Gasteiger partial charge in [-0.1, -0.05) is 23.8 Å². The molecule has 2 fully saturated rings. The molecule has 1 aromatic carbocycles. The van der Waals surface area contributed by atoms with Crippen LogP contribution in [0.25, 0.3) is 0 Å². The van der Waals surface area contributed by atoms with Crippen LogP contribution in [0.1, 0.15) is 41.6 Å². The summed E-state index contributed by atoms with van der Waals surface area (Å²) >= 11 is 0. The average molecular weight is 276 g/mol. The zero-order valence-corrected chi connectivity index (χ0v) is 11.7. The Hall–Kier alpha value is -1.23. The van der Waals surface area contributed by atoms with Crippen LogP contribution >= 0.6 is 0 Å². The highest BCUT2D eigenvalue weighted by Crippen LogP contribution is 2.41. The van der Waals surface area contributed by atoms with Crippen LogP contribution in [0.4, 0.5) is 0 Å². The van der Waals surface area contributed by atoms with Gasteiger partial charge in [-0.05, 0) is 25.8 Å². The molecule has 1 aliphatic heterocycles. The van der Waals surface area contributed by atoms with E-state index >= 15 is 0 Å². The highest BCUT2D eigenvalue weighted by atomic mass is 16.7. The van der Waals surface area contributed by atoms with E-state index in [-0.39, 0.29) is 5.78 Å². The number of ether oxygens (including phenoxy) is 2. The minimum absolute atomic E-state index is 0.186. The molecule has 0 aromatic heterocycles. The van der Waals surface area contributed by atoms with Gasteiger partial charge in [-0.3, -0.25) is 4.79 Å². The molecule has 1 aliphatic carbocycles. The second kappa shape index (κ2) is 4.95. The first kappa shape index (κ1) is 13.7. The largest absolute Gasteiger partial charge is 0.382 e. The lowest BCUT2D eigenvalue weighted by Crippen LogP contribution is -2.48. The number of aryl methyl sites for hydroxylation is 1. The second-order valence-electron chi connectivity index (χ2n) is 5.84. The first-order valence-electron chi connectivity index (χ1n) is 7.15. The molecule has 20 heavy (non-hydrogen) atoms. The lowest BCUT2D eigenvalue weighted by molar-refractivity contribution is -0.195. The summed E-state index contributed by atoms with van der Waals surface area (Å²) in [5, 5.41) is 10.7. The van der Waals surface area contributed by atoms with Gasteiger partial charge in [-0.25, -0.2) is 0 Å². The topological polar surface area (TPSA) is 55.8 Å². The fourth-order valence-electron chi connectivity index (χ4n) is 3.11. The van der Waals surface area contributed by atoms with Gasteiger partial charge in [0.15, 0.2) is 11.6 Å². The van der Waals surface area contributed by atoms with E-state index in [1.54, 1.807) is 6.07 Å². The first-order chi connectivity index (χ1) is 9.53. The number of rotatable bonds is 2. The highest BCUT2D eigenvalue weighted by Gasteiger charge is 2.48. The number of aliphatic hydroxyl groups is 1. The summed E-state index contributed by atoms with van der Waals surface area (Å²) in [5.41, 5.74) is 0.319. The third kappa shape index (κ3) is 2.39. The molecule has 1 spiro atoms. The summed E-state index contributed by atoms with van der Waals surface area (Å²) in [4.78, 5) is 12.5. The summed E-state index contributed by atoms with van der Waals surface area (Å²) in [6.45, 7) is 3.14. The maximum absolute atomic E-state index is 12.5. The summed E-state index contributed by atoms with van der Waals surface area (Å²) in [6, 6.07) is 7.38. The van der Waals surface area contributed by atoms with Crippen LogP contribution in [0.5, 0.6) is 0 Å². The highest BCUT2D eigenvalue weighted by molar-refractivity contribution is 6.02. The maximum Gasteiger partial charge on any atom is 0.194 e. The van der Waals surface area contributed by atoms with Crippen molar-refractivity contribution < 1.29 is 19.4 Å². The molecule has 0 unspecified atom stereocenters. The molecule has 4 nitrogen and oxygen atoms in total. The monoisotopic (exact) mass is 276 g/mol. The van der Waals surface area contributed by atoms with E-state index in [4.69, 9.17) is 9.47 Å². The molecule has 1 saturated carbocycles. The van der Waals surface area contributed by atoms with E-state index in [2.05, 4.69) is 0 Å². The van der Waals surface area contributed by atoms with E-state index in [9.17, 15) is 9.90 Å². The van der Waals surface area contributed by atoms with Crippen molar-refractivity contribution >= 4 is 5.78 Å². The van der Waals surface area contributed by atoms with E-state index in [1.165, 1.54) is 0 Å². The fourth-order valence-corrected chi connectivity index (χ4v) is 3.11. The van der Waals surface area contributed by atoms with Gasteiger partial charge in [-0.2, -0.15) is 0 Å². The van der Waals surface area contributed by atoms with E-state index in [1.807, 2.05) is 25.1 Å². The zero-order chi connectivity index (χ0) is 14.2. The first-order valence-corrected chi connectivity index (χ1v) is 7.15. The summed E-state index contributed by atoms with van der Waals surface area (Å²) in [6.07, 6.45) is 1.92. The Balaban J connectivity index is 1.75. The quantitative estimate of drug-likeness (QED) is 0.842. The molecule has 0 bridgehead atoms. The summed E-state index contributed by atoms with van der Waals surface area (Å²) in [7, 11) is 0. The van der Waals surface area contributed by atoms with E-state index < -0.39 is 11.4 Å². The van der Waals surface area contributed by atoms with Gasteiger partial charge >= 0.3 is 0 Å². The van der Waals surface area contributed by atoms with Crippen molar-refractivity contribution in [2.24, 2.45) is 0 Å². The number of hydrogen-bond acceptors (Lipinski definition) is 4. The Labute approximate surface area is 118 Å². The molecule has 3 rings (SSSR count). The standard InChI is InChI=1S/C16H20O4/c1-12-3-2-4-13(11-12)14(17)15(18)5-7-16(8-6-15)19-9-10-20-16/h2-4,11,18H,5-10H2,1H3. The predicted molar refractivity (Wildman–Crippen MR) is 73.6 cm³/mol. The van der Waals surface area contributed by atoms with Gasteiger partial charge in [0.25, 0.3) is 0 Å². The van der Waals surface area contributed by atoms with Gasteiger partial charge in [0.05, 0.1) is 13.2 Å². The van der Waals surface area contributed by atoms with Crippen molar-refractivity contribution in [2.45, 2.75) is 44.0 Å².